The Balaban J connectivity index is 2.25. The molecule has 0 unspecified atom stereocenters. The van der Waals surface area contributed by atoms with Gasteiger partial charge < -0.3 is 10.2 Å². The van der Waals surface area contributed by atoms with E-state index in [0.29, 0.717) is 5.69 Å². The molecule has 7 nitrogen and oxygen atoms in total. The lowest BCUT2D eigenvalue weighted by Crippen LogP contribution is -2.50. The number of halogens is 3. The summed E-state index contributed by atoms with van der Waals surface area (Å²) in [5.74, 6) is -1.95. The van der Waals surface area contributed by atoms with E-state index in [-0.39, 0.29) is 29.4 Å². The van der Waals surface area contributed by atoms with Crippen molar-refractivity contribution < 1.29 is 22.9 Å². The van der Waals surface area contributed by atoms with Gasteiger partial charge in [-0.05, 0) is 57.6 Å². The molecule has 1 heterocycles. The Labute approximate surface area is 199 Å². The summed E-state index contributed by atoms with van der Waals surface area (Å²) in [7, 11) is 0. The smallest absolute Gasteiger partial charge is 0.377 e. The summed E-state index contributed by atoms with van der Waals surface area (Å²) < 4.78 is 39.8. The number of nitrogens with one attached hydrogen (secondary N) is 1. The number of amides is 1. The highest BCUT2D eigenvalue weighted by Gasteiger charge is 2.45. The molecule has 0 bridgehead atoms. The molecule has 0 aromatic heterocycles. The molecule has 0 saturated carbocycles. The zero-order valence-electron chi connectivity index (χ0n) is 21.1. The lowest BCUT2D eigenvalue weighted by molar-refractivity contribution is -0.384. The fraction of sp³-hybridized carbons (Fsp3) is 0.708. The van der Waals surface area contributed by atoms with Crippen LogP contribution >= 0.6 is 0 Å². The van der Waals surface area contributed by atoms with E-state index in [1.807, 2.05) is 0 Å². The number of anilines is 1. The molecule has 0 spiro atoms. The first-order valence-corrected chi connectivity index (χ1v) is 11.6. The average Bonchev–Trinajstić information content (AvgIpc) is 2.70. The van der Waals surface area contributed by atoms with E-state index in [9.17, 15) is 28.1 Å². The number of carbonyl (C=O) groups excluding carboxylic acids is 1. The Kier molecular flexibility index (Phi) is 8.28. The van der Waals surface area contributed by atoms with Crippen LogP contribution in [0.4, 0.5) is 24.5 Å². The van der Waals surface area contributed by atoms with Gasteiger partial charge in [0, 0.05) is 43.3 Å². The highest BCUT2D eigenvalue weighted by atomic mass is 19.4. The third-order valence-corrected chi connectivity index (χ3v) is 6.64. The van der Waals surface area contributed by atoms with Gasteiger partial charge in [0.2, 0.25) is 0 Å². The van der Waals surface area contributed by atoms with Gasteiger partial charge >= 0.3 is 12.1 Å². The third-order valence-electron chi connectivity index (χ3n) is 6.64. The summed E-state index contributed by atoms with van der Waals surface area (Å²) in [4.78, 5) is 26.5. The molecule has 1 atom stereocenters. The lowest BCUT2D eigenvalue weighted by Gasteiger charge is -2.41. The van der Waals surface area contributed by atoms with Crippen molar-refractivity contribution in [1.82, 2.24) is 9.80 Å². The molecule has 1 saturated heterocycles. The summed E-state index contributed by atoms with van der Waals surface area (Å²) in [5, 5.41) is 15.0. The molecule has 0 aliphatic carbocycles. The normalized spacial score (nSPS) is 17.4. The van der Waals surface area contributed by atoms with E-state index in [0.717, 1.165) is 30.8 Å². The molecule has 1 aromatic rings. The number of nitro benzene ring substituents is 1. The molecule has 1 fully saturated rings. The SMILES string of the molecule is C[C@H](N(Cc1ccc(NC2CCN(C(C)(C)C)CC2)c([N+](=O)[O-])c1)C(=O)C(F)(F)F)C(C)(C)C. The third kappa shape index (κ3) is 7.07. The molecular formula is C24H37F3N4O3. The van der Waals surface area contributed by atoms with Crippen LogP contribution in [0, 0.1) is 15.5 Å². The van der Waals surface area contributed by atoms with E-state index in [1.165, 1.54) is 12.1 Å². The molecule has 1 N–H and O–H groups in total. The van der Waals surface area contributed by atoms with Crippen molar-refractivity contribution in [2.24, 2.45) is 5.41 Å². The molecule has 10 heteroatoms. The number of hydrogen-bond donors (Lipinski definition) is 1. The lowest BCUT2D eigenvalue weighted by atomic mass is 9.86. The molecule has 1 aromatic carbocycles. The number of piperidine rings is 1. The largest absolute Gasteiger partial charge is 0.471 e. The minimum Gasteiger partial charge on any atom is -0.377 e. The number of nitrogens with zero attached hydrogens (tertiary/aromatic N) is 3. The zero-order valence-corrected chi connectivity index (χ0v) is 21.1. The van der Waals surface area contributed by atoms with Crippen molar-refractivity contribution in [3.05, 3.63) is 33.9 Å². The van der Waals surface area contributed by atoms with Gasteiger partial charge in [-0.15, -0.1) is 0 Å². The fourth-order valence-corrected chi connectivity index (χ4v) is 4.07. The summed E-state index contributed by atoms with van der Waals surface area (Å²) >= 11 is 0. The number of benzene rings is 1. The second kappa shape index (κ2) is 10.1. The van der Waals surface area contributed by atoms with Gasteiger partial charge in [0.05, 0.1) is 4.92 Å². The van der Waals surface area contributed by atoms with Crippen molar-refractivity contribution in [2.75, 3.05) is 18.4 Å². The minimum absolute atomic E-state index is 0.0581. The Morgan fingerprint density at radius 1 is 1.18 bits per heavy atom. The second-order valence-electron chi connectivity index (χ2n) is 11.2. The van der Waals surface area contributed by atoms with Gasteiger partial charge in [0.1, 0.15) is 5.69 Å². The number of nitro groups is 1. The van der Waals surface area contributed by atoms with Crippen molar-refractivity contribution in [3.8, 4) is 0 Å². The summed E-state index contributed by atoms with van der Waals surface area (Å²) in [6.45, 7) is 14.6. The van der Waals surface area contributed by atoms with Crippen LogP contribution in [0.2, 0.25) is 0 Å². The molecule has 1 amide bonds. The molecule has 1 aliphatic rings. The minimum atomic E-state index is -5.03. The quantitative estimate of drug-likeness (QED) is 0.419. The van der Waals surface area contributed by atoms with Crippen molar-refractivity contribution in [3.63, 3.8) is 0 Å². The van der Waals surface area contributed by atoms with Crippen molar-refractivity contribution in [2.45, 2.75) is 91.7 Å². The Bertz CT molecular complexity index is 883. The first-order valence-electron chi connectivity index (χ1n) is 11.6. The Morgan fingerprint density at radius 3 is 2.18 bits per heavy atom. The highest BCUT2D eigenvalue weighted by molar-refractivity contribution is 5.82. The van der Waals surface area contributed by atoms with Gasteiger partial charge in [0.15, 0.2) is 0 Å². The number of rotatable bonds is 6. The standard InChI is InChI=1S/C24H37F3N4O3/c1-16(22(2,3)4)30(21(32)24(25,26)27)15-17-8-9-19(20(14-17)31(33)34)28-18-10-12-29(13-11-18)23(5,6)7/h8-9,14,16,18,28H,10-13,15H2,1-7H3/t16-/m0/s1. The topological polar surface area (TPSA) is 78.7 Å². The van der Waals surface area contributed by atoms with Gasteiger partial charge in [0.25, 0.3) is 5.69 Å². The fourth-order valence-electron chi connectivity index (χ4n) is 4.07. The molecule has 34 heavy (non-hydrogen) atoms. The maximum absolute atomic E-state index is 13.3. The number of likely N-dealkylation sites (tertiary alicyclic amines) is 1. The molecule has 2 rings (SSSR count). The average molecular weight is 487 g/mol. The Morgan fingerprint density at radius 2 is 1.74 bits per heavy atom. The van der Waals surface area contributed by atoms with Gasteiger partial charge in [-0.25, -0.2) is 0 Å². The summed E-state index contributed by atoms with van der Waals surface area (Å²) in [5.41, 5.74) is -0.161. The Hall–Kier alpha value is -2.36. The molecule has 0 radical (unpaired) electrons. The van der Waals surface area contributed by atoms with Crippen LogP contribution in [0.5, 0.6) is 0 Å². The van der Waals surface area contributed by atoms with Crippen LogP contribution in [0.1, 0.15) is 66.9 Å². The maximum atomic E-state index is 13.3. The van der Waals surface area contributed by atoms with Gasteiger partial charge in [-0.1, -0.05) is 26.8 Å². The maximum Gasteiger partial charge on any atom is 0.471 e. The second-order valence-corrected chi connectivity index (χ2v) is 11.2. The van der Waals surface area contributed by atoms with Crippen LogP contribution in [0.25, 0.3) is 0 Å². The van der Waals surface area contributed by atoms with E-state index in [4.69, 9.17) is 0 Å². The number of carbonyl (C=O) groups is 1. The van der Waals surface area contributed by atoms with Gasteiger partial charge in [-0.2, -0.15) is 13.2 Å². The van der Waals surface area contributed by atoms with Crippen LogP contribution < -0.4 is 5.32 Å². The van der Waals surface area contributed by atoms with Crippen LogP contribution in [0.3, 0.4) is 0 Å². The first kappa shape index (κ1) is 27.9. The summed E-state index contributed by atoms with van der Waals surface area (Å²) in [6, 6.07) is 3.66. The van der Waals surface area contributed by atoms with E-state index >= 15 is 0 Å². The molecule has 192 valence electrons. The molecular weight excluding hydrogens is 449 g/mol. The summed E-state index contributed by atoms with van der Waals surface area (Å²) in [6.07, 6.45) is -3.38. The van der Waals surface area contributed by atoms with Crippen LogP contribution in [-0.2, 0) is 11.3 Å². The number of hydrogen-bond acceptors (Lipinski definition) is 5. The predicted octanol–water partition coefficient (Wildman–Crippen LogP) is 5.60. The predicted molar refractivity (Wildman–Crippen MR) is 127 cm³/mol. The van der Waals surface area contributed by atoms with Crippen molar-refractivity contribution >= 4 is 17.3 Å². The van der Waals surface area contributed by atoms with E-state index in [2.05, 4.69) is 31.0 Å². The molecule has 1 aliphatic heterocycles. The van der Waals surface area contributed by atoms with Crippen molar-refractivity contribution in [1.29, 1.82) is 0 Å². The monoisotopic (exact) mass is 486 g/mol. The highest BCUT2D eigenvalue weighted by Crippen LogP contribution is 2.33. The van der Waals surface area contributed by atoms with E-state index in [1.54, 1.807) is 33.8 Å². The first-order chi connectivity index (χ1) is 15.4. The van der Waals surface area contributed by atoms with Crippen LogP contribution in [0.15, 0.2) is 18.2 Å². The van der Waals surface area contributed by atoms with E-state index < -0.39 is 28.5 Å². The number of alkyl halides is 3. The van der Waals surface area contributed by atoms with Gasteiger partial charge in [-0.3, -0.25) is 19.8 Å². The zero-order chi connectivity index (χ0) is 26.1. The van der Waals surface area contributed by atoms with Crippen LogP contribution in [-0.4, -0.2) is 57.5 Å².